The van der Waals surface area contributed by atoms with E-state index in [0.29, 0.717) is 0 Å². The maximum atomic E-state index is 2.44. The van der Waals surface area contributed by atoms with Crippen LogP contribution in [0.5, 0.6) is 0 Å². The highest BCUT2D eigenvalue weighted by molar-refractivity contribution is 8.00. The lowest BCUT2D eigenvalue weighted by Gasteiger charge is -2.07. The number of rotatable bonds is 5. The summed E-state index contributed by atoms with van der Waals surface area (Å²) >= 11 is 2.22. The highest BCUT2D eigenvalue weighted by Gasteiger charge is 2.28. The number of hydrogen-bond donors (Lipinski definition) is 0. The molecule has 2 fully saturated rings. The van der Waals surface area contributed by atoms with Gasteiger partial charge in [-0.15, -0.1) is 0 Å². The van der Waals surface area contributed by atoms with E-state index in [1.807, 2.05) is 0 Å². The topological polar surface area (TPSA) is 0 Å². The van der Waals surface area contributed by atoms with E-state index in [-0.39, 0.29) is 0 Å². The van der Waals surface area contributed by atoms with Gasteiger partial charge in [-0.05, 0) is 49.7 Å². The molecule has 2 aliphatic rings. The number of hydrogen-bond acceptors (Lipinski definition) is 1. The zero-order valence-corrected chi connectivity index (χ0v) is 8.20. The van der Waals surface area contributed by atoms with Gasteiger partial charge in [-0.3, -0.25) is 0 Å². The van der Waals surface area contributed by atoms with Crippen molar-refractivity contribution in [3.05, 3.63) is 0 Å². The smallest absolute Gasteiger partial charge is 0.00478 e. The zero-order chi connectivity index (χ0) is 7.68. The van der Waals surface area contributed by atoms with Crippen LogP contribution in [0.2, 0.25) is 0 Å². The van der Waals surface area contributed by atoms with E-state index >= 15 is 0 Å². The fourth-order valence-corrected chi connectivity index (χ4v) is 2.87. The van der Waals surface area contributed by atoms with Crippen LogP contribution < -0.4 is 0 Å². The fourth-order valence-electron chi connectivity index (χ4n) is 1.56. The summed E-state index contributed by atoms with van der Waals surface area (Å²) in [6.07, 6.45) is 7.53. The van der Waals surface area contributed by atoms with Gasteiger partial charge in [0, 0.05) is 5.25 Å². The van der Waals surface area contributed by atoms with Gasteiger partial charge in [0.25, 0.3) is 0 Å². The van der Waals surface area contributed by atoms with E-state index in [9.17, 15) is 0 Å². The van der Waals surface area contributed by atoms with Crippen molar-refractivity contribution in [2.75, 3.05) is 5.75 Å². The van der Waals surface area contributed by atoms with Crippen molar-refractivity contribution in [3.63, 3.8) is 0 Å². The molecule has 0 heterocycles. The molecule has 0 aromatic carbocycles. The molecular weight excluding hydrogens is 152 g/mol. The van der Waals surface area contributed by atoms with E-state index in [0.717, 1.165) is 17.1 Å². The van der Waals surface area contributed by atoms with Crippen molar-refractivity contribution >= 4 is 11.8 Å². The van der Waals surface area contributed by atoms with Gasteiger partial charge in [-0.25, -0.2) is 0 Å². The highest BCUT2D eigenvalue weighted by atomic mass is 32.2. The van der Waals surface area contributed by atoms with Crippen molar-refractivity contribution in [3.8, 4) is 0 Å². The van der Waals surface area contributed by atoms with Gasteiger partial charge >= 0.3 is 0 Å². The molecule has 0 aliphatic heterocycles. The molecule has 0 N–H and O–H groups in total. The molecule has 64 valence electrons. The largest absolute Gasteiger partial charge is 0.159 e. The van der Waals surface area contributed by atoms with Gasteiger partial charge < -0.3 is 0 Å². The molecule has 2 aliphatic carbocycles. The lowest BCUT2D eigenvalue weighted by molar-refractivity contribution is 0.497. The first-order chi connectivity index (χ1) is 5.36. The summed E-state index contributed by atoms with van der Waals surface area (Å²) in [4.78, 5) is 0. The van der Waals surface area contributed by atoms with E-state index in [4.69, 9.17) is 0 Å². The Morgan fingerprint density at radius 1 is 1.27 bits per heavy atom. The van der Waals surface area contributed by atoms with Crippen LogP contribution in [0.15, 0.2) is 0 Å². The van der Waals surface area contributed by atoms with Crippen molar-refractivity contribution in [1.29, 1.82) is 0 Å². The second-order valence-electron chi connectivity index (χ2n) is 4.17. The monoisotopic (exact) mass is 170 g/mol. The van der Waals surface area contributed by atoms with Crippen LogP contribution >= 0.6 is 11.8 Å². The predicted octanol–water partition coefficient (Wildman–Crippen LogP) is 3.32. The van der Waals surface area contributed by atoms with Crippen LogP contribution in [-0.4, -0.2) is 11.0 Å². The standard InChI is InChI=1S/C10H18S/c1-8(9-2-3-9)6-7-11-10-4-5-10/h8-10H,2-7H2,1H3. The van der Waals surface area contributed by atoms with Crippen molar-refractivity contribution < 1.29 is 0 Å². The van der Waals surface area contributed by atoms with Crippen LogP contribution in [0.4, 0.5) is 0 Å². The minimum absolute atomic E-state index is 1.03. The fraction of sp³-hybridized carbons (Fsp3) is 1.00. The van der Waals surface area contributed by atoms with Crippen LogP contribution in [0.3, 0.4) is 0 Å². The summed E-state index contributed by atoms with van der Waals surface area (Å²) in [7, 11) is 0. The Morgan fingerprint density at radius 2 is 2.00 bits per heavy atom. The molecule has 2 saturated carbocycles. The predicted molar refractivity (Wildman–Crippen MR) is 52.0 cm³/mol. The minimum atomic E-state index is 1.03. The van der Waals surface area contributed by atoms with E-state index in [1.165, 1.54) is 37.9 Å². The minimum Gasteiger partial charge on any atom is -0.159 e. The molecule has 0 aromatic rings. The maximum Gasteiger partial charge on any atom is 0.00478 e. The number of thioether (sulfide) groups is 1. The summed E-state index contributed by atoms with van der Waals surface area (Å²) in [5.41, 5.74) is 0. The summed E-state index contributed by atoms with van der Waals surface area (Å²) in [6, 6.07) is 0. The molecule has 0 aromatic heterocycles. The first-order valence-electron chi connectivity index (χ1n) is 4.98. The van der Waals surface area contributed by atoms with Gasteiger partial charge in [0.1, 0.15) is 0 Å². The Balaban J connectivity index is 1.50. The van der Waals surface area contributed by atoms with E-state index in [2.05, 4.69) is 18.7 Å². The second kappa shape index (κ2) is 3.38. The van der Waals surface area contributed by atoms with Crippen molar-refractivity contribution in [2.45, 2.75) is 44.3 Å². The molecule has 0 saturated heterocycles. The Kier molecular flexibility index (Phi) is 2.45. The molecule has 1 heteroatoms. The normalized spacial score (nSPS) is 27.0. The van der Waals surface area contributed by atoms with Gasteiger partial charge in [-0.2, -0.15) is 11.8 Å². The van der Waals surface area contributed by atoms with Gasteiger partial charge in [0.05, 0.1) is 0 Å². The van der Waals surface area contributed by atoms with Crippen LogP contribution in [0, 0.1) is 11.8 Å². The molecule has 0 amide bonds. The first-order valence-corrected chi connectivity index (χ1v) is 6.03. The third-order valence-corrected chi connectivity index (χ3v) is 4.29. The summed E-state index contributed by atoms with van der Waals surface area (Å²) in [6.45, 7) is 2.44. The van der Waals surface area contributed by atoms with Crippen LogP contribution in [0.25, 0.3) is 0 Å². The molecule has 2 rings (SSSR count). The van der Waals surface area contributed by atoms with Crippen molar-refractivity contribution in [2.24, 2.45) is 11.8 Å². The summed E-state index contributed by atoms with van der Waals surface area (Å²) in [5.74, 6) is 3.58. The van der Waals surface area contributed by atoms with Gasteiger partial charge in [-0.1, -0.05) is 6.92 Å². The zero-order valence-electron chi connectivity index (χ0n) is 7.38. The maximum absolute atomic E-state index is 2.44. The first kappa shape index (κ1) is 7.97. The molecule has 1 atom stereocenters. The average Bonchev–Trinajstić information content (AvgIpc) is 2.85. The quantitative estimate of drug-likeness (QED) is 0.610. The Morgan fingerprint density at radius 3 is 2.55 bits per heavy atom. The van der Waals surface area contributed by atoms with Crippen LogP contribution in [-0.2, 0) is 0 Å². The molecule has 1 unspecified atom stereocenters. The Bertz CT molecular complexity index is 125. The lowest BCUT2D eigenvalue weighted by Crippen LogP contribution is -1.98. The Labute approximate surface area is 74.1 Å². The Hall–Kier alpha value is 0.350. The van der Waals surface area contributed by atoms with Crippen molar-refractivity contribution in [1.82, 2.24) is 0 Å². The molecule has 0 bridgehead atoms. The third kappa shape index (κ3) is 2.70. The van der Waals surface area contributed by atoms with E-state index in [1.54, 1.807) is 0 Å². The lowest BCUT2D eigenvalue weighted by atomic mass is 10.0. The summed E-state index contributed by atoms with van der Waals surface area (Å²) in [5, 5.41) is 1.07. The molecule has 0 spiro atoms. The van der Waals surface area contributed by atoms with Gasteiger partial charge in [0.15, 0.2) is 0 Å². The SMILES string of the molecule is CC(CCSC1CC1)C1CC1. The van der Waals surface area contributed by atoms with E-state index < -0.39 is 0 Å². The molecule has 11 heavy (non-hydrogen) atoms. The molecule has 0 nitrogen and oxygen atoms in total. The second-order valence-corrected chi connectivity index (χ2v) is 5.58. The summed E-state index contributed by atoms with van der Waals surface area (Å²) < 4.78 is 0. The highest BCUT2D eigenvalue weighted by Crippen LogP contribution is 2.40. The third-order valence-electron chi connectivity index (χ3n) is 2.88. The van der Waals surface area contributed by atoms with Crippen LogP contribution in [0.1, 0.15) is 39.0 Å². The van der Waals surface area contributed by atoms with Gasteiger partial charge in [0.2, 0.25) is 0 Å². The average molecular weight is 170 g/mol. The molecular formula is C10H18S. The molecule has 0 radical (unpaired) electrons.